The van der Waals surface area contributed by atoms with Gasteiger partial charge in [0.05, 0.1) is 6.04 Å². The number of rotatable bonds is 6. The van der Waals surface area contributed by atoms with Crippen molar-refractivity contribution in [2.24, 2.45) is 5.92 Å². The number of fused-ring (bicyclic) bond motifs is 2. The molecule has 1 aliphatic carbocycles. The summed E-state index contributed by atoms with van der Waals surface area (Å²) in [6.45, 7) is 5.28. The highest BCUT2D eigenvalue weighted by atomic mass is 16.6. The molecule has 1 saturated carbocycles. The van der Waals surface area contributed by atoms with E-state index in [0.29, 0.717) is 18.7 Å². The largest absolute Gasteiger partial charge is 0.479 e. The van der Waals surface area contributed by atoms with Gasteiger partial charge in [0.25, 0.3) is 0 Å². The molecular formula is C38H45N7O6. The summed E-state index contributed by atoms with van der Waals surface area (Å²) in [5.41, 5.74) is 0.468. The van der Waals surface area contributed by atoms with Gasteiger partial charge in [-0.2, -0.15) is 4.80 Å². The quantitative estimate of drug-likeness (QED) is 0.237. The van der Waals surface area contributed by atoms with E-state index in [1.165, 1.54) is 9.70 Å². The van der Waals surface area contributed by atoms with Crippen molar-refractivity contribution in [1.29, 1.82) is 0 Å². The van der Waals surface area contributed by atoms with Crippen LogP contribution in [0.4, 0.5) is 4.79 Å². The lowest BCUT2D eigenvalue weighted by atomic mass is 10.0. The Labute approximate surface area is 297 Å². The van der Waals surface area contributed by atoms with E-state index in [0.717, 1.165) is 36.0 Å². The molecule has 3 amide bonds. The number of nitrogens with one attached hydrogen (secondary N) is 2. The van der Waals surface area contributed by atoms with E-state index in [9.17, 15) is 24.3 Å². The Hall–Kier alpha value is -5.33. The van der Waals surface area contributed by atoms with Crippen LogP contribution in [0.15, 0.2) is 66.7 Å². The Bertz CT molecular complexity index is 1820. The lowest BCUT2D eigenvalue weighted by molar-refractivity contribution is -0.145. The Balaban J connectivity index is 1.29. The molecule has 13 nitrogen and oxygen atoms in total. The number of allylic oxidation sites excluding steroid dienone is 1. The molecule has 0 bridgehead atoms. The number of hydrogen-bond donors (Lipinski definition) is 3. The highest BCUT2D eigenvalue weighted by molar-refractivity contribution is 5.96. The van der Waals surface area contributed by atoms with E-state index < -0.39 is 53.1 Å². The van der Waals surface area contributed by atoms with Crippen molar-refractivity contribution < 1.29 is 29.0 Å². The van der Waals surface area contributed by atoms with Gasteiger partial charge in [-0.25, -0.2) is 9.59 Å². The van der Waals surface area contributed by atoms with Crippen LogP contribution in [0.1, 0.15) is 82.9 Å². The second-order valence-corrected chi connectivity index (χ2v) is 14.5. The molecule has 268 valence electrons. The zero-order chi connectivity index (χ0) is 36.2. The van der Waals surface area contributed by atoms with Crippen molar-refractivity contribution in [3.8, 4) is 11.4 Å². The molecule has 0 radical (unpaired) electrons. The molecule has 13 heteroatoms. The van der Waals surface area contributed by atoms with Crippen LogP contribution in [-0.4, -0.2) is 83.9 Å². The zero-order valence-electron chi connectivity index (χ0n) is 29.2. The molecule has 0 unspecified atom stereocenters. The molecule has 2 aromatic carbocycles. The molecule has 1 saturated heterocycles. The Morgan fingerprint density at radius 2 is 1.80 bits per heavy atom. The van der Waals surface area contributed by atoms with Crippen LogP contribution in [0.3, 0.4) is 0 Å². The average molecular weight is 696 g/mol. The summed E-state index contributed by atoms with van der Waals surface area (Å²) in [4.78, 5) is 56.5. The monoisotopic (exact) mass is 695 g/mol. The lowest BCUT2D eigenvalue weighted by Gasteiger charge is -2.30. The number of amides is 3. The molecule has 3 N–H and O–H groups in total. The third-order valence-corrected chi connectivity index (χ3v) is 9.54. The van der Waals surface area contributed by atoms with Gasteiger partial charge in [0, 0.05) is 24.4 Å². The average Bonchev–Trinajstić information content (AvgIpc) is 3.39. The third kappa shape index (κ3) is 8.35. The predicted octanol–water partition coefficient (Wildman–Crippen LogP) is 5.03. The van der Waals surface area contributed by atoms with Crippen molar-refractivity contribution in [3.63, 3.8) is 0 Å². The van der Waals surface area contributed by atoms with Crippen LogP contribution in [0.5, 0.6) is 0 Å². The number of nitrogens with zero attached hydrogens (tertiary/aromatic N) is 5. The molecular weight excluding hydrogens is 650 g/mol. The van der Waals surface area contributed by atoms with Gasteiger partial charge < -0.3 is 25.4 Å². The topological polar surface area (TPSA) is 169 Å². The summed E-state index contributed by atoms with van der Waals surface area (Å²) in [5.74, 6) is -2.11. The highest BCUT2D eigenvalue weighted by Crippen LogP contribution is 2.45. The molecule has 3 aliphatic rings. The normalized spacial score (nSPS) is 26.3. The summed E-state index contributed by atoms with van der Waals surface area (Å²) in [5, 5.41) is 29.1. The molecule has 51 heavy (non-hydrogen) atoms. The predicted molar refractivity (Wildman–Crippen MR) is 190 cm³/mol. The van der Waals surface area contributed by atoms with Gasteiger partial charge in [-0.05, 0) is 62.8 Å². The molecule has 2 fully saturated rings. The third-order valence-electron chi connectivity index (χ3n) is 9.54. The molecule has 2 aliphatic heterocycles. The molecule has 1 aromatic heterocycles. The standard InChI is InChI=1S/C38H45N7O6/c1-37(2,3)51-36(50)39-30-19-11-6-4-5-10-17-27-23-38(27,35(48)49)40-33(46)31-22-28(24-44(31)34(30)47)45-42-32(41-43-45)29-18-13-12-16-26(29)21-20-25-14-8-7-9-15-25/h7-10,12-18,20-21,27-28,30-31H,4-6,11,19,22-24H2,1-3H3,(H,39,50)(H,40,46)(H,48,49)/b17-10-,21-20+/t27-,28+,30-,31+,38+/m1/s1. The second-order valence-electron chi connectivity index (χ2n) is 14.5. The number of benzene rings is 2. The molecule has 0 spiro atoms. The first-order chi connectivity index (χ1) is 24.4. The molecule has 3 aromatic rings. The minimum atomic E-state index is -1.44. The van der Waals surface area contributed by atoms with Crippen LogP contribution < -0.4 is 10.6 Å². The van der Waals surface area contributed by atoms with Gasteiger partial charge in [0.2, 0.25) is 17.6 Å². The summed E-state index contributed by atoms with van der Waals surface area (Å²) in [7, 11) is 0. The maximum atomic E-state index is 14.3. The first-order valence-corrected chi connectivity index (χ1v) is 17.6. The van der Waals surface area contributed by atoms with Crippen molar-refractivity contribution in [1.82, 2.24) is 35.7 Å². The summed E-state index contributed by atoms with van der Waals surface area (Å²) in [6.07, 6.45) is 10.9. The minimum Gasteiger partial charge on any atom is -0.479 e. The fourth-order valence-electron chi connectivity index (χ4n) is 6.78. The van der Waals surface area contributed by atoms with E-state index in [1.807, 2.05) is 78.9 Å². The number of carbonyl (C=O) groups excluding carboxylic acids is 3. The molecule has 3 heterocycles. The Morgan fingerprint density at radius 3 is 2.57 bits per heavy atom. The maximum Gasteiger partial charge on any atom is 0.408 e. The van der Waals surface area contributed by atoms with Gasteiger partial charge >= 0.3 is 12.1 Å². The first kappa shape index (κ1) is 35.5. The van der Waals surface area contributed by atoms with Crippen LogP contribution in [-0.2, 0) is 19.1 Å². The number of aliphatic carboxylic acids is 1. The van der Waals surface area contributed by atoms with E-state index in [1.54, 1.807) is 20.8 Å². The fourth-order valence-corrected chi connectivity index (χ4v) is 6.78. The Kier molecular flexibility index (Phi) is 10.4. The fraction of sp³-hybridized carbons (Fsp3) is 0.447. The smallest absolute Gasteiger partial charge is 0.408 e. The Morgan fingerprint density at radius 1 is 1.04 bits per heavy atom. The van der Waals surface area contributed by atoms with Crippen LogP contribution in [0, 0.1) is 5.92 Å². The highest BCUT2D eigenvalue weighted by Gasteiger charge is 2.61. The second kappa shape index (κ2) is 14.9. The number of aromatic nitrogens is 4. The molecule has 5 atom stereocenters. The van der Waals surface area contributed by atoms with Gasteiger partial charge in [-0.15, -0.1) is 10.2 Å². The lowest BCUT2D eigenvalue weighted by Crippen LogP contribution is -2.56. The van der Waals surface area contributed by atoms with Crippen LogP contribution >= 0.6 is 0 Å². The van der Waals surface area contributed by atoms with E-state index in [-0.39, 0.29) is 25.3 Å². The van der Waals surface area contributed by atoms with E-state index in [2.05, 4.69) is 20.9 Å². The number of alkyl carbamates (subject to hydrolysis) is 1. The van der Waals surface area contributed by atoms with Crippen molar-refractivity contribution in [2.75, 3.05) is 6.54 Å². The number of tetrazole rings is 1. The summed E-state index contributed by atoms with van der Waals surface area (Å²) >= 11 is 0. The minimum absolute atomic E-state index is 0.0537. The van der Waals surface area contributed by atoms with E-state index >= 15 is 0 Å². The number of carboxylic acid groups (broad SMARTS) is 1. The number of hydrogen-bond acceptors (Lipinski definition) is 8. The number of carboxylic acids is 1. The maximum absolute atomic E-state index is 14.3. The number of carbonyl (C=O) groups is 4. The zero-order valence-corrected chi connectivity index (χ0v) is 29.2. The van der Waals surface area contributed by atoms with Crippen LogP contribution in [0.25, 0.3) is 23.5 Å². The van der Waals surface area contributed by atoms with Crippen molar-refractivity contribution >= 4 is 36.0 Å². The van der Waals surface area contributed by atoms with E-state index in [4.69, 9.17) is 9.84 Å². The first-order valence-electron chi connectivity index (χ1n) is 17.6. The van der Waals surface area contributed by atoms with Gasteiger partial charge in [0.15, 0.2) is 0 Å². The van der Waals surface area contributed by atoms with Gasteiger partial charge in [-0.1, -0.05) is 91.7 Å². The summed E-state index contributed by atoms with van der Waals surface area (Å²) in [6, 6.07) is 15.1. The van der Waals surface area contributed by atoms with Crippen molar-refractivity contribution in [2.45, 2.75) is 95.0 Å². The van der Waals surface area contributed by atoms with Gasteiger partial charge in [-0.3, -0.25) is 9.59 Å². The SMILES string of the molecule is CC(C)(C)OC(=O)N[C@@H]1CCCCC/C=C\[C@@H]2C[C@]2(C(=O)O)NC(=O)[C@@H]2C[C@H](n3nnc(-c4ccccc4/C=C/c4ccccc4)n3)CN2C1=O. The molecule has 6 rings (SSSR count). The van der Waals surface area contributed by atoms with Crippen LogP contribution in [0.2, 0.25) is 0 Å². The summed E-state index contributed by atoms with van der Waals surface area (Å²) < 4.78 is 5.48. The van der Waals surface area contributed by atoms with Gasteiger partial charge in [0.1, 0.15) is 23.2 Å². The van der Waals surface area contributed by atoms with Crippen molar-refractivity contribution in [3.05, 3.63) is 77.9 Å². The number of ether oxygens (including phenoxy) is 1.